The topological polar surface area (TPSA) is 624 Å². The fourth-order valence-corrected chi connectivity index (χ4v) is 10.2. The molecule has 0 saturated heterocycles. The van der Waals surface area contributed by atoms with Crippen molar-refractivity contribution >= 4 is 56.6 Å². The number of aromatic nitrogens is 12. The van der Waals surface area contributed by atoms with E-state index in [-0.39, 0.29) is 34.6 Å². The Morgan fingerprint density at radius 1 is 0.366 bits per heavy atom. The number of aliphatic hydroxyl groups is 9. The van der Waals surface area contributed by atoms with Crippen molar-refractivity contribution in [3.05, 3.63) is 132 Å². The molecule has 93 heavy (non-hydrogen) atoms. The van der Waals surface area contributed by atoms with Gasteiger partial charge in [-0.05, 0) is 111 Å². The third kappa shape index (κ3) is 18.0. The van der Waals surface area contributed by atoms with E-state index in [0.717, 1.165) is 33.4 Å². The predicted molar refractivity (Wildman–Crippen MR) is 320 cm³/mol. The molecule has 0 unspecified atom stereocenters. The van der Waals surface area contributed by atoms with Crippen molar-refractivity contribution in [2.45, 2.75) is 116 Å². The molecule has 6 heterocycles. The number of nitrogens with one attached hydrogen (secondary N) is 3. The van der Waals surface area contributed by atoms with Gasteiger partial charge in [0.05, 0.1) is 72.6 Å². The Morgan fingerprint density at radius 3 is 0.796 bits per heavy atom. The minimum atomic E-state index is -4.89. The molecule has 9 atom stereocenters. The summed E-state index contributed by atoms with van der Waals surface area (Å²) in [5.41, 5.74) is 1.85. The standard InChI is InChI=1S/3C17H21N4O9P/c3*1-7-3-9-10(4-8(7)2)21(15-13(18-9)16(25)20-17(26)19-15)5-11(22)14(24)12(23)6-30-31(27,28)29/h3*3-4,11-12,14,22-24H,5-6H2,1-2H3,(H,20,25,26)(H2,27,28,29)/t3*11-,12+,14-/m000/s1. The SMILES string of the molecule is Cc1cc2nc3c(=O)[nH]c(=O)nc-3n(C[C@H](O)[C@H](O)[C@H](O)COP(=O)(O)O)c2cc1C.Cc1cc2nc3c(=O)[nH]c(=O)nc-3n(C[C@H](O)[C@H](O)[C@H](O)COP(=O)(O)O)c2cc1C.Cc1cc2nc3c(=O)[nH]c(=O)nc-3n(C[C@H](O)[C@H](O)[C@H](O)COP(=O)(O)O)c2cc1C. The molecule has 0 saturated carbocycles. The van der Waals surface area contributed by atoms with E-state index in [9.17, 15) is 88.4 Å². The second-order valence-electron chi connectivity index (χ2n) is 21.3. The van der Waals surface area contributed by atoms with Gasteiger partial charge in [0.1, 0.15) is 54.9 Å². The van der Waals surface area contributed by atoms with Crippen LogP contribution in [0.4, 0.5) is 0 Å². The van der Waals surface area contributed by atoms with Gasteiger partial charge >= 0.3 is 40.5 Å². The lowest BCUT2D eigenvalue weighted by molar-refractivity contribution is -0.0793. The molecule has 0 spiro atoms. The Bertz CT molecular complexity index is 4210. The van der Waals surface area contributed by atoms with Crippen LogP contribution in [0.3, 0.4) is 0 Å². The molecule has 18 N–H and O–H groups in total. The number of H-pyrrole nitrogens is 3. The fourth-order valence-electron chi connectivity index (χ4n) is 9.17. The minimum absolute atomic E-state index is 0.142. The van der Waals surface area contributed by atoms with E-state index in [1.165, 1.54) is 13.7 Å². The van der Waals surface area contributed by atoms with Gasteiger partial charge in [-0.1, -0.05) is 0 Å². The highest BCUT2D eigenvalue weighted by atomic mass is 31.2. The number of benzene rings is 3. The third-order valence-corrected chi connectivity index (χ3v) is 15.8. The summed E-state index contributed by atoms with van der Waals surface area (Å²) >= 11 is 0. The van der Waals surface area contributed by atoms with Crippen LogP contribution in [0.5, 0.6) is 0 Å². The number of hydrogen-bond acceptors (Lipinski definition) is 27. The smallest absolute Gasteiger partial charge is 0.388 e. The molecule has 3 aromatic rings. The first-order valence-electron chi connectivity index (χ1n) is 27.1. The monoisotopic (exact) mass is 1370 g/mol. The number of rotatable bonds is 21. The zero-order valence-electron chi connectivity index (χ0n) is 49.4. The number of phosphoric acid groups is 3. The summed E-state index contributed by atoms with van der Waals surface area (Å²) in [5, 5.41) is 91.6. The zero-order valence-corrected chi connectivity index (χ0v) is 52.1. The zero-order chi connectivity index (χ0) is 69.3. The molecule has 9 rings (SSSR count). The van der Waals surface area contributed by atoms with Crippen LogP contribution >= 0.6 is 23.5 Å². The number of aromatic amines is 3. The molecule has 0 fully saturated rings. The highest BCUT2D eigenvalue weighted by Crippen LogP contribution is 2.38. The molecule has 0 aliphatic carbocycles. The van der Waals surface area contributed by atoms with Gasteiger partial charge in [-0.3, -0.25) is 42.9 Å². The van der Waals surface area contributed by atoms with E-state index < -0.39 is 152 Å². The van der Waals surface area contributed by atoms with Crippen LogP contribution < -0.4 is 33.7 Å². The maximum atomic E-state index is 12.2. The first-order chi connectivity index (χ1) is 43.1. The van der Waals surface area contributed by atoms with E-state index >= 15 is 0 Å². The normalized spacial score (nSPS) is 15.3. The van der Waals surface area contributed by atoms with Crippen LogP contribution in [0, 0.1) is 41.5 Å². The molecule has 0 bridgehead atoms. The number of aryl methyl sites for hydroxylation is 6. The molecule has 6 aliphatic rings. The summed E-state index contributed by atoms with van der Waals surface area (Å²) in [7, 11) is -14.7. The van der Waals surface area contributed by atoms with E-state index in [0.29, 0.717) is 33.1 Å². The molecule has 6 aliphatic heterocycles. The number of aliphatic hydroxyl groups excluding tert-OH is 9. The highest BCUT2D eigenvalue weighted by molar-refractivity contribution is 7.46. The van der Waals surface area contributed by atoms with Crippen LogP contribution in [0.1, 0.15) is 33.4 Å². The first kappa shape index (κ1) is 72.9. The summed E-state index contributed by atoms with van der Waals surface area (Å²) in [6, 6.07) is 10.2. The lowest BCUT2D eigenvalue weighted by atomic mass is 10.1. The molecule has 0 radical (unpaired) electrons. The highest BCUT2D eigenvalue weighted by Gasteiger charge is 2.34. The quantitative estimate of drug-likeness (QED) is 0.0237. The predicted octanol–water partition coefficient (Wildman–Crippen LogP) is -4.82. The second-order valence-corrected chi connectivity index (χ2v) is 25.0. The van der Waals surface area contributed by atoms with Crippen LogP contribution in [0.2, 0.25) is 0 Å². The maximum Gasteiger partial charge on any atom is 0.469 e. The number of hydrogen-bond donors (Lipinski definition) is 18. The Labute approximate surface area is 519 Å². The summed E-state index contributed by atoms with van der Waals surface area (Å²) in [6.45, 7) is 6.88. The Hall–Kier alpha value is -7.53. The lowest BCUT2D eigenvalue weighted by Gasteiger charge is -2.25. The van der Waals surface area contributed by atoms with Crippen molar-refractivity contribution in [3.63, 3.8) is 0 Å². The largest absolute Gasteiger partial charge is 0.469 e. The average Bonchev–Trinajstić information content (AvgIpc) is 0.771. The van der Waals surface area contributed by atoms with Crippen LogP contribution in [0.25, 0.3) is 67.7 Å². The maximum absolute atomic E-state index is 12.2. The summed E-state index contributed by atoms with van der Waals surface area (Å²) in [6.07, 6.45) is -16.2. The van der Waals surface area contributed by atoms with E-state index in [4.69, 9.17) is 29.4 Å². The van der Waals surface area contributed by atoms with E-state index in [1.54, 1.807) is 36.4 Å². The molecule has 0 aromatic heterocycles. The Morgan fingerprint density at radius 2 is 0.581 bits per heavy atom. The van der Waals surface area contributed by atoms with Gasteiger partial charge in [-0.25, -0.2) is 43.0 Å². The van der Waals surface area contributed by atoms with Gasteiger partial charge < -0.3 is 89.0 Å². The second kappa shape index (κ2) is 29.0. The van der Waals surface area contributed by atoms with E-state index in [2.05, 4.69) is 43.5 Å². The average molecular weight is 1370 g/mol. The molecule has 504 valence electrons. The number of nitrogens with zero attached hydrogens (tertiary/aromatic N) is 9. The molecule has 39 nitrogen and oxygen atoms in total. The van der Waals surface area contributed by atoms with Crippen molar-refractivity contribution in [2.75, 3.05) is 19.8 Å². The van der Waals surface area contributed by atoms with Gasteiger partial charge in [-0.15, -0.1) is 0 Å². The molecule has 0 amide bonds. The third-order valence-electron chi connectivity index (χ3n) is 14.4. The van der Waals surface area contributed by atoms with E-state index in [1.807, 2.05) is 56.5 Å². The van der Waals surface area contributed by atoms with Crippen molar-refractivity contribution in [1.29, 1.82) is 0 Å². The molecule has 42 heteroatoms. The lowest BCUT2D eigenvalue weighted by Crippen LogP contribution is -2.42. The van der Waals surface area contributed by atoms with Gasteiger partial charge in [-0.2, -0.15) is 15.0 Å². The van der Waals surface area contributed by atoms with Gasteiger partial charge in [0.25, 0.3) is 16.7 Å². The molecular formula is C51H63N12O27P3. The van der Waals surface area contributed by atoms with Gasteiger partial charge in [0.15, 0.2) is 34.6 Å². The van der Waals surface area contributed by atoms with Crippen LogP contribution in [-0.4, -0.2) is 209 Å². The van der Waals surface area contributed by atoms with Crippen LogP contribution in [-0.2, 0) is 46.9 Å². The fraction of sp³-hybridized carbons (Fsp3) is 0.412. The minimum Gasteiger partial charge on any atom is -0.388 e. The Balaban J connectivity index is 0.000000198. The van der Waals surface area contributed by atoms with Crippen molar-refractivity contribution in [1.82, 2.24) is 58.6 Å². The number of phosphoric ester groups is 3. The molecular weight excluding hydrogens is 1310 g/mol. The Kier molecular flexibility index (Phi) is 22.7. The molecule has 3 aromatic carbocycles. The summed E-state index contributed by atoms with van der Waals surface area (Å²) in [5.74, 6) is -0.426. The summed E-state index contributed by atoms with van der Waals surface area (Å²) < 4.78 is 48.7. The van der Waals surface area contributed by atoms with Gasteiger partial charge in [0, 0.05) is 0 Å². The van der Waals surface area contributed by atoms with Crippen molar-refractivity contribution in [2.24, 2.45) is 0 Å². The number of fused-ring (bicyclic) bond motifs is 6. The van der Waals surface area contributed by atoms with Gasteiger partial charge in [0.2, 0.25) is 0 Å². The summed E-state index contributed by atoms with van der Waals surface area (Å²) in [4.78, 5) is 154. The van der Waals surface area contributed by atoms with Crippen molar-refractivity contribution < 1.29 is 103 Å². The van der Waals surface area contributed by atoms with Crippen molar-refractivity contribution in [3.8, 4) is 34.6 Å². The first-order valence-corrected chi connectivity index (χ1v) is 31.7. The van der Waals surface area contributed by atoms with Crippen LogP contribution in [0.15, 0.2) is 65.2 Å².